The van der Waals surface area contributed by atoms with E-state index in [0.29, 0.717) is 6.54 Å². The highest BCUT2D eigenvalue weighted by Crippen LogP contribution is 2.19. The standard InChI is InChI=1S/C11H15F2NO/c1-2-3-9(7-14)15-11-5-4-8(12)6-10(11)13/h4-6,9H,2-3,7,14H2,1H3. The Labute approximate surface area is 88.0 Å². The summed E-state index contributed by atoms with van der Waals surface area (Å²) >= 11 is 0. The van der Waals surface area contributed by atoms with Crippen LogP contribution in [0.4, 0.5) is 8.78 Å². The summed E-state index contributed by atoms with van der Waals surface area (Å²) in [6.07, 6.45) is 1.45. The number of ether oxygens (including phenoxy) is 1. The van der Waals surface area contributed by atoms with Crippen molar-refractivity contribution in [2.75, 3.05) is 6.54 Å². The van der Waals surface area contributed by atoms with E-state index in [4.69, 9.17) is 10.5 Å². The number of halogens is 2. The SMILES string of the molecule is CCCC(CN)Oc1ccc(F)cc1F. The first kappa shape index (κ1) is 11.9. The van der Waals surface area contributed by atoms with Crippen LogP contribution in [0.25, 0.3) is 0 Å². The summed E-state index contributed by atoms with van der Waals surface area (Å²) in [6, 6.07) is 3.25. The highest BCUT2D eigenvalue weighted by Gasteiger charge is 2.11. The zero-order valence-corrected chi connectivity index (χ0v) is 8.67. The van der Waals surface area contributed by atoms with Gasteiger partial charge in [-0.25, -0.2) is 8.78 Å². The minimum absolute atomic E-state index is 0.0558. The van der Waals surface area contributed by atoms with Crippen LogP contribution in [-0.2, 0) is 0 Å². The molecule has 0 radical (unpaired) electrons. The van der Waals surface area contributed by atoms with Gasteiger partial charge in [-0.05, 0) is 18.6 Å². The lowest BCUT2D eigenvalue weighted by molar-refractivity contribution is 0.189. The molecule has 0 aliphatic carbocycles. The minimum atomic E-state index is -0.690. The van der Waals surface area contributed by atoms with Crippen molar-refractivity contribution in [2.45, 2.75) is 25.9 Å². The number of nitrogens with two attached hydrogens (primary N) is 1. The van der Waals surface area contributed by atoms with Crippen molar-refractivity contribution in [3.05, 3.63) is 29.8 Å². The molecule has 0 aliphatic rings. The van der Waals surface area contributed by atoms with E-state index in [9.17, 15) is 8.78 Å². The number of hydrogen-bond acceptors (Lipinski definition) is 2. The van der Waals surface area contributed by atoms with Gasteiger partial charge in [-0.15, -0.1) is 0 Å². The molecule has 1 rings (SSSR count). The summed E-state index contributed by atoms with van der Waals surface area (Å²) in [5.74, 6) is -1.25. The van der Waals surface area contributed by atoms with E-state index in [-0.39, 0.29) is 11.9 Å². The van der Waals surface area contributed by atoms with Crippen LogP contribution in [0.5, 0.6) is 5.75 Å². The largest absolute Gasteiger partial charge is 0.486 e. The molecule has 0 spiro atoms. The van der Waals surface area contributed by atoms with Gasteiger partial charge >= 0.3 is 0 Å². The van der Waals surface area contributed by atoms with Gasteiger partial charge < -0.3 is 10.5 Å². The fourth-order valence-corrected chi connectivity index (χ4v) is 1.30. The third kappa shape index (κ3) is 3.47. The zero-order chi connectivity index (χ0) is 11.3. The highest BCUT2D eigenvalue weighted by molar-refractivity contribution is 5.24. The lowest BCUT2D eigenvalue weighted by Crippen LogP contribution is -2.26. The van der Waals surface area contributed by atoms with Gasteiger partial charge in [0.25, 0.3) is 0 Å². The Balaban J connectivity index is 2.70. The van der Waals surface area contributed by atoms with Crippen LogP contribution < -0.4 is 10.5 Å². The molecule has 0 aliphatic heterocycles. The molecule has 1 aromatic carbocycles. The molecule has 84 valence electrons. The van der Waals surface area contributed by atoms with Gasteiger partial charge in [-0.2, -0.15) is 0 Å². The molecule has 0 heterocycles. The predicted octanol–water partition coefficient (Wildman–Crippen LogP) is 2.47. The van der Waals surface area contributed by atoms with Crippen LogP contribution >= 0.6 is 0 Å². The third-order valence-corrected chi connectivity index (χ3v) is 2.06. The molecule has 1 unspecified atom stereocenters. The molecule has 0 fully saturated rings. The summed E-state index contributed by atoms with van der Waals surface area (Å²) in [5, 5.41) is 0. The summed E-state index contributed by atoms with van der Waals surface area (Å²) in [4.78, 5) is 0. The van der Waals surface area contributed by atoms with Crippen LogP contribution in [0.3, 0.4) is 0 Å². The van der Waals surface area contributed by atoms with Gasteiger partial charge in [0.2, 0.25) is 0 Å². The predicted molar refractivity (Wildman–Crippen MR) is 54.7 cm³/mol. The lowest BCUT2D eigenvalue weighted by atomic mass is 10.2. The van der Waals surface area contributed by atoms with Gasteiger partial charge in [-0.3, -0.25) is 0 Å². The quantitative estimate of drug-likeness (QED) is 0.818. The molecule has 0 saturated carbocycles. The maximum absolute atomic E-state index is 13.2. The first-order valence-corrected chi connectivity index (χ1v) is 4.99. The number of benzene rings is 1. The molecule has 0 amide bonds. The fraction of sp³-hybridized carbons (Fsp3) is 0.455. The van der Waals surface area contributed by atoms with E-state index in [0.717, 1.165) is 25.0 Å². The van der Waals surface area contributed by atoms with Crippen LogP contribution in [0.1, 0.15) is 19.8 Å². The first-order chi connectivity index (χ1) is 7.17. The average molecular weight is 215 g/mol. The summed E-state index contributed by atoms with van der Waals surface area (Å²) in [7, 11) is 0. The molecule has 4 heteroatoms. The van der Waals surface area contributed by atoms with Crippen LogP contribution in [0.2, 0.25) is 0 Å². The summed E-state index contributed by atoms with van der Waals surface area (Å²) in [6.45, 7) is 2.32. The Morgan fingerprint density at radius 2 is 2.13 bits per heavy atom. The topological polar surface area (TPSA) is 35.2 Å². The lowest BCUT2D eigenvalue weighted by Gasteiger charge is -2.16. The van der Waals surface area contributed by atoms with Gasteiger partial charge in [0.15, 0.2) is 11.6 Å². The van der Waals surface area contributed by atoms with E-state index in [2.05, 4.69) is 0 Å². The monoisotopic (exact) mass is 215 g/mol. The molecule has 0 aromatic heterocycles. The maximum Gasteiger partial charge on any atom is 0.167 e. The Bertz CT molecular complexity index is 317. The van der Waals surface area contributed by atoms with Gasteiger partial charge in [0.05, 0.1) is 0 Å². The zero-order valence-electron chi connectivity index (χ0n) is 8.67. The van der Waals surface area contributed by atoms with Crippen molar-refractivity contribution < 1.29 is 13.5 Å². The Morgan fingerprint density at radius 3 is 2.67 bits per heavy atom. The normalized spacial score (nSPS) is 12.5. The van der Waals surface area contributed by atoms with Crippen LogP contribution in [0, 0.1) is 11.6 Å². The Hall–Kier alpha value is -1.16. The van der Waals surface area contributed by atoms with Crippen molar-refractivity contribution in [3.63, 3.8) is 0 Å². The molecule has 1 aromatic rings. The van der Waals surface area contributed by atoms with Crippen molar-refractivity contribution >= 4 is 0 Å². The maximum atomic E-state index is 13.2. The van der Waals surface area contributed by atoms with Crippen molar-refractivity contribution in [2.24, 2.45) is 5.73 Å². The Morgan fingerprint density at radius 1 is 1.40 bits per heavy atom. The van der Waals surface area contributed by atoms with Crippen molar-refractivity contribution in [1.29, 1.82) is 0 Å². The smallest absolute Gasteiger partial charge is 0.167 e. The molecular weight excluding hydrogens is 200 g/mol. The second kappa shape index (κ2) is 5.66. The molecule has 2 nitrogen and oxygen atoms in total. The highest BCUT2D eigenvalue weighted by atomic mass is 19.1. The van der Waals surface area contributed by atoms with Gasteiger partial charge in [-0.1, -0.05) is 13.3 Å². The Kier molecular flexibility index (Phi) is 4.49. The second-order valence-electron chi connectivity index (χ2n) is 3.34. The number of rotatable bonds is 5. The van der Waals surface area contributed by atoms with E-state index in [1.807, 2.05) is 6.92 Å². The first-order valence-electron chi connectivity index (χ1n) is 4.99. The van der Waals surface area contributed by atoms with Crippen LogP contribution in [0.15, 0.2) is 18.2 Å². The molecule has 15 heavy (non-hydrogen) atoms. The number of hydrogen-bond donors (Lipinski definition) is 1. The van der Waals surface area contributed by atoms with Gasteiger partial charge in [0, 0.05) is 12.6 Å². The molecule has 0 saturated heterocycles. The summed E-state index contributed by atoms with van der Waals surface area (Å²) < 4.78 is 31.1. The minimum Gasteiger partial charge on any atom is -0.486 e. The van der Waals surface area contributed by atoms with Crippen LogP contribution in [-0.4, -0.2) is 12.6 Å². The molecule has 1 atom stereocenters. The molecule has 2 N–H and O–H groups in total. The van der Waals surface area contributed by atoms with E-state index >= 15 is 0 Å². The average Bonchev–Trinajstić information content (AvgIpc) is 2.21. The van der Waals surface area contributed by atoms with Gasteiger partial charge in [0.1, 0.15) is 11.9 Å². The van der Waals surface area contributed by atoms with Crippen molar-refractivity contribution in [1.82, 2.24) is 0 Å². The fourth-order valence-electron chi connectivity index (χ4n) is 1.30. The molecule has 0 bridgehead atoms. The summed E-state index contributed by atoms with van der Waals surface area (Å²) in [5.41, 5.74) is 5.47. The second-order valence-corrected chi connectivity index (χ2v) is 3.34. The van der Waals surface area contributed by atoms with E-state index in [1.54, 1.807) is 0 Å². The molecular formula is C11H15F2NO. The van der Waals surface area contributed by atoms with Crippen molar-refractivity contribution in [3.8, 4) is 5.75 Å². The third-order valence-electron chi connectivity index (χ3n) is 2.06. The van der Waals surface area contributed by atoms with E-state index < -0.39 is 11.6 Å². The van der Waals surface area contributed by atoms with E-state index in [1.165, 1.54) is 6.07 Å².